The zero-order valence-corrected chi connectivity index (χ0v) is 16.7. The lowest BCUT2D eigenvalue weighted by Crippen LogP contribution is -2.46. The molecule has 8 heteroatoms. The fraction of sp³-hybridized carbons (Fsp3) is 0.286. The highest BCUT2D eigenvalue weighted by Crippen LogP contribution is 2.35. The van der Waals surface area contributed by atoms with Crippen LogP contribution in [0.3, 0.4) is 0 Å². The summed E-state index contributed by atoms with van der Waals surface area (Å²) in [7, 11) is 0. The Labute approximate surface area is 172 Å². The van der Waals surface area contributed by atoms with E-state index in [-0.39, 0.29) is 18.9 Å². The molecule has 1 N–H and O–H groups in total. The van der Waals surface area contributed by atoms with Gasteiger partial charge in [-0.05, 0) is 36.2 Å². The quantitative estimate of drug-likeness (QED) is 0.782. The average molecular weight is 413 g/mol. The number of hydrogen-bond donors (Lipinski definition) is 1. The molecule has 1 atom stereocenters. The number of fused-ring (bicyclic) bond motifs is 1. The van der Waals surface area contributed by atoms with E-state index in [9.17, 15) is 18.8 Å². The highest BCUT2D eigenvalue weighted by atomic mass is 32.2. The highest BCUT2D eigenvalue weighted by molar-refractivity contribution is 7.99. The maximum Gasteiger partial charge on any atom is 0.325 e. The Kier molecular flexibility index (Phi) is 5.04. The normalized spacial score (nSPS) is 21.2. The lowest BCUT2D eigenvalue weighted by molar-refractivity contribution is -0.134. The van der Waals surface area contributed by atoms with Crippen molar-refractivity contribution in [3.8, 4) is 0 Å². The molecule has 1 unspecified atom stereocenters. The Balaban J connectivity index is 1.58. The van der Waals surface area contributed by atoms with E-state index >= 15 is 0 Å². The second-order valence-electron chi connectivity index (χ2n) is 6.95. The van der Waals surface area contributed by atoms with E-state index in [4.69, 9.17) is 0 Å². The predicted octanol–water partition coefficient (Wildman–Crippen LogP) is 3.12. The van der Waals surface area contributed by atoms with Crippen LogP contribution in [0.4, 0.5) is 14.9 Å². The molecule has 0 spiro atoms. The van der Waals surface area contributed by atoms with Gasteiger partial charge in [0.25, 0.3) is 5.91 Å². The average Bonchev–Trinajstić information content (AvgIpc) is 2.99. The van der Waals surface area contributed by atoms with Crippen LogP contribution in [-0.4, -0.2) is 41.6 Å². The van der Waals surface area contributed by atoms with Gasteiger partial charge in [-0.3, -0.25) is 14.5 Å². The van der Waals surface area contributed by atoms with Gasteiger partial charge in [-0.2, -0.15) is 0 Å². The van der Waals surface area contributed by atoms with Crippen LogP contribution < -0.4 is 10.2 Å². The van der Waals surface area contributed by atoms with Crippen LogP contribution in [0.25, 0.3) is 0 Å². The minimum absolute atomic E-state index is 0.289. The lowest BCUT2D eigenvalue weighted by Gasteiger charge is -2.30. The summed E-state index contributed by atoms with van der Waals surface area (Å²) in [6.07, 6.45) is 0.289. The fourth-order valence-corrected chi connectivity index (χ4v) is 4.79. The SMILES string of the molecule is CCC1(c2ccc(F)cc2)NC(=O)N(CC(=O)N2CCSc3ccccc32)C1=O. The summed E-state index contributed by atoms with van der Waals surface area (Å²) >= 11 is 1.67. The molecule has 2 aliphatic heterocycles. The number of hydrogen-bond acceptors (Lipinski definition) is 4. The fourth-order valence-electron chi connectivity index (χ4n) is 3.79. The number of imide groups is 1. The van der Waals surface area contributed by atoms with Gasteiger partial charge in [-0.1, -0.05) is 31.2 Å². The molecule has 0 aliphatic carbocycles. The van der Waals surface area contributed by atoms with Gasteiger partial charge in [-0.15, -0.1) is 11.8 Å². The van der Waals surface area contributed by atoms with E-state index < -0.39 is 23.3 Å². The number of carbonyl (C=O) groups is 3. The van der Waals surface area contributed by atoms with E-state index in [2.05, 4.69) is 5.32 Å². The summed E-state index contributed by atoms with van der Waals surface area (Å²) in [6.45, 7) is 1.94. The number of anilines is 1. The molecular weight excluding hydrogens is 393 g/mol. The second kappa shape index (κ2) is 7.51. The van der Waals surface area contributed by atoms with Crippen molar-refractivity contribution in [2.45, 2.75) is 23.8 Å². The molecule has 0 saturated carbocycles. The van der Waals surface area contributed by atoms with Crippen molar-refractivity contribution in [2.75, 3.05) is 23.7 Å². The number of halogens is 1. The van der Waals surface area contributed by atoms with Gasteiger partial charge in [0.15, 0.2) is 0 Å². The molecule has 2 heterocycles. The van der Waals surface area contributed by atoms with E-state index in [1.54, 1.807) is 23.6 Å². The molecule has 6 nitrogen and oxygen atoms in total. The second-order valence-corrected chi connectivity index (χ2v) is 8.09. The smallest absolute Gasteiger partial charge is 0.319 e. The van der Waals surface area contributed by atoms with Crippen LogP contribution >= 0.6 is 11.8 Å². The molecule has 2 aliphatic rings. The van der Waals surface area contributed by atoms with Crippen molar-refractivity contribution in [3.63, 3.8) is 0 Å². The van der Waals surface area contributed by atoms with Crippen molar-refractivity contribution in [2.24, 2.45) is 0 Å². The molecule has 4 rings (SSSR count). The number of urea groups is 1. The third-order valence-electron chi connectivity index (χ3n) is 5.37. The number of carbonyl (C=O) groups excluding carboxylic acids is 3. The number of thioether (sulfide) groups is 1. The predicted molar refractivity (Wildman–Crippen MR) is 108 cm³/mol. The standard InChI is InChI=1S/C21H20FN3O3S/c1-2-21(14-7-9-15(22)10-8-14)19(27)25(20(28)23-21)13-18(26)24-11-12-29-17-6-4-3-5-16(17)24/h3-10H,2,11-13H2,1H3,(H,23,28). The Morgan fingerprint density at radius 3 is 2.62 bits per heavy atom. The molecule has 0 aromatic heterocycles. The van der Waals surface area contributed by atoms with Gasteiger partial charge in [0.05, 0.1) is 5.69 Å². The van der Waals surface area contributed by atoms with E-state index in [1.807, 2.05) is 24.3 Å². The molecule has 4 amide bonds. The van der Waals surface area contributed by atoms with Gasteiger partial charge in [0, 0.05) is 17.2 Å². The zero-order valence-electron chi connectivity index (χ0n) is 15.9. The van der Waals surface area contributed by atoms with E-state index in [0.717, 1.165) is 21.2 Å². The van der Waals surface area contributed by atoms with Crippen LogP contribution in [0.5, 0.6) is 0 Å². The van der Waals surface area contributed by atoms with Crippen LogP contribution in [0.2, 0.25) is 0 Å². The lowest BCUT2D eigenvalue weighted by atomic mass is 9.87. The first kappa shape index (κ1) is 19.4. The minimum Gasteiger partial charge on any atom is -0.319 e. The van der Waals surface area contributed by atoms with Gasteiger partial charge < -0.3 is 10.2 Å². The first-order valence-electron chi connectivity index (χ1n) is 9.38. The van der Waals surface area contributed by atoms with Crippen LogP contribution in [0.15, 0.2) is 53.4 Å². The van der Waals surface area contributed by atoms with Crippen molar-refractivity contribution < 1.29 is 18.8 Å². The Hall–Kier alpha value is -2.87. The Bertz CT molecular complexity index is 981. The summed E-state index contributed by atoms with van der Waals surface area (Å²) in [6, 6.07) is 12.4. The molecule has 2 aromatic carbocycles. The first-order valence-corrected chi connectivity index (χ1v) is 10.4. The van der Waals surface area contributed by atoms with E-state index in [1.165, 1.54) is 24.3 Å². The Morgan fingerprint density at radius 1 is 1.17 bits per heavy atom. The minimum atomic E-state index is -1.29. The van der Waals surface area contributed by atoms with Gasteiger partial charge >= 0.3 is 6.03 Å². The number of rotatable bonds is 4. The first-order chi connectivity index (χ1) is 14.0. The van der Waals surface area contributed by atoms with Crippen LogP contribution in [-0.2, 0) is 15.1 Å². The van der Waals surface area contributed by atoms with Crippen molar-refractivity contribution >= 4 is 35.3 Å². The molecule has 150 valence electrons. The topological polar surface area (TPSA) is 69.7 Å². The summed E-state index contributed by atoms with van der Waals surface area (Å²) < 4.78 is 13.3. The molecule has 0 radical (unpaired) electrons. The number of nitrogens with one attached hydrogen (secondary N) is 1. The third kappa shape index (κ3) is 3.27. The maximum absolute atomic E-state index is 13.3. The van der Waals surface area contributed by atoms with Gasteiger partial charge in [-0.25, -0.2) is 9.18 Å². The molecule has 0 bridgehead atoms. The number of para-hydroxylation sites is 1. The number of amides is 4. The third-order valence-corrected chi connectivity index (χ3v) is 6.41. The van der Waals surface area contributed by atoms with E-state index in [0.29, 0.717) is 12.1 Å². The van der Waals surface area contributed by atoms with Crippen molar-refractivity contribution in [3.05, 3.63) is 59.9 Å². The molecule has 2 aromatic rings. The molecule has 1 fully saturated rings. The highest BCUT2D eigenvalue weighted by Gasteiger charge is 2.52. The van der Waals surface area contributed by atoms with Crippen LogP contribution in [0.1, 0.15) is 18.9 Å². The van der Waals surface area contributed by atoms with Crippen LogP contribution in [0, 0.1) is 5.82 Å². The zero-order chi connectivity index (χ0) is 20.6. The maximum atomic E-state index is 13.3. The Morgan fingerprint density at radius 2 is 1.90 bits per heavy atom. The van der Waals surface area contributed by atoms with Crippen molar-refractivity contribution in [1.82, 2.24) is 10.2 Å². The largest absolute Gasteiger partial charge is 0.325 e. The number of nitrogens with zero attached hydrogens (tertiary/aromatic N) is 2. The van der Waals surface area contributed by atoms with Gasteiger partial charge in [0.2, 0.25) is 5.91 Å². The molecule has 29 heavy (non-hydrogen) atoms. The number of benzene rings is 2. The summed E-state index contributed by atoms with van der Waals surface area (Å²) in [5.74, 6) is -0.487. The monoisotopic (exact) mass is 413 g/mol. The summed E-state index contributed by atoms with van der Waals surface area (Å²) in [5.41, 5.74) is -0.00344. The molecular formula is C21H20FN3O3S. The molecule has 1 saturated heterocycles. The van der Waals surface area contributed by atoms with Crippen molar-refractivity contribution in [1.29, 1.82) is 0 Å². The summed E-state index contributed by atoms with van der Waals surface area (Å²) in [5, 5.41) is 2.72. The summed E-state index contributed by atoms with van der Waals surface area (Å²) in [4.78, 5) is 42.4. The van der Waals surface area contributed by atoms with Gasteiger partial charge in [0.1, 0.15) is 17.9 Å².